The van der Waals surface area contributed by atoms with Gasteiger partial charge in [-0.15, -0.1) is 0 Å². The summed E-state index contributed by atoms with van der Waals surface area (Å²) in [5.41, 5.74) is 4.02. The fraction of sp³-hybridized carbons (Fsp3) is 0.263. The first kappa shape index (κ1) is 20.5. The van der Waals surface area contributed by atoms with Gasteiger partial charge in [0.15, 0.2) is 11.5 Å². The van der Waals surface area contributed by atoms with E-state index in [2.05, 4.69) is 10.5 Å². The molecule has 0 aliphatic carbocycles. The molecule has 0 saturated heterocycles. The molecule has 9 nitrogen and oxygen atoms in total. The molecule has 0 spiro atoms. The van der Waals surface area contributed by atoms with Gasteiger partial charge in [-0.2, -0.15) is 13.5 Å². The molecule has 0 saturated carbocycles. The van der Waals surface area contributed by atoms with E-state index >= 15 is 0 Å². The Bertz CT molecular complexity index is 1020. The fourth-order valence-electron chi connectivity index (χ4n) is 2.59. The lowest BCUT2D eigenvalue weighted by atomic mass is 10.0. The number of hydrogen-bond donors (Lipinski definition) is 1. The van der Waals surface area contributed by atoms with Crippen molar-refractivity contribution in [1.29, 1.82) is 0 Å². The summed E-state index contributed by atoms with van der Waals surface area (Å²) in [6.45, 7) is 2.80. The Balaban J connectivity index is 1.95. The number of benzene rings is 2. The predicted octanol–water partition coefficient (Wildman–Crippen LogP) is 2.29. The number of rotatable bonds is 6. The zero-order valence-corrected chi connectivity index (χ0v) is 16.7. The highest BCUT2D eigenvalue weighted by atomic mass is 32.2. The van der Waals surface area contributed by atoms with Crippen LogP contribution in [0.5, 0.6) is 17.2 Å². The van der Waals surface area contributed by atoms with Crippen LogP contribution in [0.2, 0.25) is 0 Å². The molecule has 154 valence electrons. The highest BCUT2D eigenvalue weighted by molar-refractivity contribution is 7.86. The van der Waals surface area contributed by atoms with Crippen molar-refractivity contribution >= 4 is 21.9 Å². The molecule has 10 heteroatoms. The maximum absolute atomic E-state index is 11.7. The highest BCUT2D eigenvalue weighted by Gasteiger charge is 2.16. The molecular formula is C19H20N2O7S. The van der Waals surface area contributed by atoms with Crippen molar-refractivity contribution in [3.8, 4) is 17.2 Å². The van der Waals surface area contributed by atoms with Crippen molar-refractivity contribution in [3.05, 3.63) is 53.6 Å². The molecule has 2 aromatic carbocycles. The molecule has 3 rings (SSSR count). The number of nitrogens with zero attached hydrogens (tertiary/aromatic N) is 1. The second-order valence-electron chi connectivity index (χ2n) is 5.96. The van der Waals surface area contributed by atoms with E-state index in [0.717, 1.165) is 6.26 Å². The van der Waals surface area contributed by atoms with E-state index in [4.69, 9.17) is 18.4 Å². The topological polar surface area (TPSA) is 113 Å². The largest absolute Gasteiger partial charge is 0.486 e. The van der Waals surface area contributed by atoms with Crippen LogP contribution in [0, 0.1) is 0 Å². The maximum Gasteiger partial charge on any atom is 0.427 e. The molecule has 1 aliphatic rings. The van der Waals surface area contributed by atoms with E-state index in [0.29, 0.717) is 41.6 Å². The van der Waals surface area contributed by atoms with Crippen LogP contribution in [0.3, 0.4) is 0 Å². The van der Waals surface area contributed by atoms with Crippen LogP contribution in [-0.4, -0.2) is 46.3 Å². The number of hydrogen-bond acceptors (Lipinski definition) is 8. The molecule has 1 amide bonds. The lowest BCUT2D eigenvalue weighted by molar-refractivity contribution is 0.152. The molecular weight excluding hydrogens is 400 g/mol. The van der Waals surface area contributed by atoms with Crippen LogP contribution < -0.4 is 19.1 Å². The van der Waals surface area contributed by atoms with Gasteiger partial charge in [-0.1, -0.05) is 0 Å². The minimum Gasteiger partial charge on any atom is -0.486 e. The second kappa shape index (κ2) is 8.82. The van der Waals surface area contributed by atoms with Gasteiger partial charge in [-0.05, 0) is 49.4 Å². The predicted molar refractivity (Wildman–Crippen MR) is 105 cm³/mol. The van der Waals surface area contributed by atoms with Gasteiger partial charge in [0.05, 0.1) is 18.6 Å². The number of amides is 1. The summed E-state index contributed by atoms with van der Waals surface area (Å²) < 4.78 is 43.4. The normalized spacial score (nSPS) is 13.5. The zero-order valence-electron chi connectivity index (χ0n) is 15.9. The summed E-state index contributed by atoms with van der Waals surface area (Å²) >= 11 is 0. The lowest BCUT2D eigenvalue weighted by Gasteiger charge is -2.19. The number of ether oxygens (including phenoxy) is 3. The van der Waals surface area contributed by atoms with Crippen LogP contribution >= 0.6 is 0 Å². The number of carbonyl (C=O) groups excluding carboxylic acids is 1. The van der Waals surface area contributed by atoms with Gasteiger partial charge in [-0.25, -0.2) is 10.2 Å². The minimum atomic E-state index is -3.63. The van der Waals surface area contributed by atoms with Crippen molar-refractivity contribution < 1.29 is 31.6 Å². The Morgan fingerprint density at radius 1 is 1.07 bits per heavy atom. The third-order valence-corrected chi connectivity index (χ3v) is 4.22. The quantitative estimate of drug-likeness (QED) is 0.433. The van der Waals surface area contributed by atoms with E-state index < -0.39 is 16.2 Å². The molecule has 0 unspecified atom stereocenters. The van der Waals surface area contributed by atoms with E-state index in [-0.39, 0.29) is 12.4 Å². The molecule has 0 atom stereocenters. The standard InChI is InChI=1S/C19H20N2O7S/c1-3-25-19(22)21-20-18(13-4-7-15(8-5-13)28-29(2,23)24)14-6-9-16-17(12-14)27-11-10-26-16/h4-9,12H,3,10-11H2,1-2H3,(H,21,22). The number of carbonyl (C=O) groups is 1. The van der Waals surface area contributed by atoms with E-state index in [1.54, 1.807) is 37.3 Å². The Hall–Kier alpha value is -3.27. The van der Waals surface area contributed by atoms with Crippen LogP contribution in [-0.2, 0) is 14.9 Å². The number of hydrazone groups is 1. The Kier molecular flexibility index (Phi) is 6.23. The summed E-state index contributed by atoms with van der Waals surface area (Å²) in [6, 6.07) is 11.5. The fourth-order valence-corrected chi connectivity index (χ4v) is 3.06. The highest BCUT2D eigenvalue weighted by Crippen LogP contribution is 2.31. The third kappa shape index (κ3) is 5.61. The second-order valence-corrected chi connectivity index (χ2v) is 7.54. The van der Waals surface area contributed by atoms with Crippen LogP contribution in [0.4, 0.5) is 4.79 Å². The summed E-state index contributed by atoms with van der Waals surface area (Å²) in [7, 11) is -3.63. The van der Waals surface area contributed by atoms with Crippen molar-refractivity contribution in [2.24, 2.45) is 5.10 Å². The maximum atomic E-state index is 11.7. The summed E-state index contributed by atoms with van der Waals surface area (Å²) in [5, 5.41) is 4.17. The van der Waals surface area contributed by atoms with Gasteiger partial charge in [-0.3, -0.25) is 0 Å². The molecule has 2 aromatic rings. The average molecular weight is 420 g/mol. The molecule has 1 N–H and O–H groups in total. The smallest absolute Gasteiger partial charge is 0.427 e. The number of nitrogens with one attached hydrogen (secondary N) is 1. The first-order chi connectivity index (χ1) is 13.9. The van der Waals surface area contributed by atoms with Gasteiger partial charge in [0.25, 0.3) is 0 Å². The Labute approximate surface area is 168 Å². The molecule has 0 fully saturated rings. The van der Waals surface area contributed by atoms with Crippen molar-refractivity contribution in [3.63, 3.8) is 0 Å². The van der Waals surface area contributed by atoms with Crippen LogP contribution in [0.15, 0.2) is 47.6 Å². The molecule has 0 aromatic heterocycles. The average Bonchev–Trinajstić information content (AvgIpc) is 2.68. The van der Waals surface area contributed by atoms with E-state index in [1.807, 2.05) is 0 Å². The van der Waals surface area contributed by atoms with E-state index in [9.17, 15) is 13.2 Å². The molecule has 0 radical (unpaired) electrons. The van der Waals surface area contributed by atoms with Crippen LogP contribution in [0.25, 0.3) is 0 Å². The van der Waals surface area contributed by atoms with E-state index in [1.165, 1.54) is 12.1 Å². The van der Waals surface area contributed by atoms with Crippen molar-refractivity contribution in [1.82, 2.24) is 5.43 Å². The van der Waals surface area contributed by atoms with Gasteiger partial charge < -0.3 is 18.4 Å². The first-order valence-electron chi connectivity index (χ1n) is 8.76. The van der Waals surface area contributed by atoms with Crippen molar-refractivity contribution in [2.45, 2.75) is 6.92 Å². The van der Waals surface area contributed by atoms with Gasteiger partial charge in [0.1, 0.15) is 19.0 Å². The van der Waals surface area contributed by atoms with Crippen LogP contribution in [0.1, 0.15) is 18.1 Å². The van der Waals surface area contributed by atoms with Crippen molar-refractivity contribution in [2.75, 3.05) is 26.1 Å². The summed E-state index contributed by atoms with van der Waals surface area (Å²) in [6.07, 6.45) is 0.270. The Morgan fingerprint density at radius 2 is 1.72 bits per heavy atom. The summed E-state index contributed by atoms with van der Waals surface area (Å²) in [5.74, 6) is 1.35. The van der Waals surface area contributed by atoms with Gasteiger partial charge in [0, 0.05) is 11.1 Å². The molecule has 0 bridgehead atoms. The number of fused-ring (bicyclic) bond motifs is 1. The third-order valence-electron chi connectivity index (χ3n) is 3.73. The first-order valence-corrected chi connectivity index (χ1v) is 10.6. The van der Waals surface area contributed by atoms with Gasteiger partial charge >= 0.3 is 16.2 Å². The van der Waals surface area contributed by atoms with Gasteiger partial charge in [0.2, 0.25) is 0 Å². The summed E-state index contributed by atoms with van der Waals surface area (Å²) in [4.78, 5) is 11.7. The lowest BCUT2D eigenvalue weighted by Crippen LogP contribution is -2.22. The molecule has 29 heavy (non-hydrogen) atoms. The zero-order chi connectivity index (χ0) is 20.9. The Morgan fingerprint density at radius 3 is 2.38 bits per heavy atom. The molecule has 1 aliphatic heterocycles. The minimum absolute atomic E-state index is 0.163. The SMILES string of the molecule is CCOC(=O)NN=C(c1ccc(OS(C)(=O)=O)cc1)c1ccc2c(c1)OCCO2. The molecule has 1 heterocycles. The monoisotopic (exact) mass is 420 g/mol.